The van der Waals surface area contributed by atoms with Crippen molar-refractivity contribution < 1.29 is 0 Å². The lowest BCUT2D eigenvalue weighted by molar-refractivity contribution is 0.790. The third kappa shape index (κ3) is 3.02. The largest absolute Gasteiger partial charge is 0.0991 e. The molecule has 0 N–H and O–H groups in total. The average molecular weight is 201 g/mol. The molecular formula is C9H13Br. The summed E-state index contributed by atoms with van der Waals surface area (Å²) in [4.78, 5) is 0. The molecule has 0 radical (unpaired) electrons. The summed E-state index contributed by atoms with van der Waals surface area (Å²) in [5.74, 6) is 0.505. The van der Waals surface area contributed by atoms with Gasteiger partial charge in [-0.15, -0.1) is 0 Å². The molecule has 10 heavy (non-hydrogen) atoms. The fraction of sp³-hybridized carbons (Fsp3) is 0.333. The first kappa shape index (κ1) is 9.70. The number of rotatable bonds is 3. The lowest BCUT2D eigenvalue weighted by Crippen LogP contribution is -1.91. The Morgan fingerprint density at radius 1 is 1.50 bits per heavy atom. The predicted molar refractivity (Wildman–Crippen MR) is 51.2 cm³/mol. The maximum atomic E-state index is 3.80. The fourth-order valence-electron chi connectivity index (χ4n) is 0.723. The third-order valence-corrected chi connectivity index (χ3v) is 1.69. The van der Waals surface area contributed by atoms with Crippen LogP contribution in [0.5, 0.6) is 0 Å². The molecule has 1 heteroatoms. The fourth-order valence-corrected chi connectivity index (χ4v) is 1.31. The molecule has 0 atom stereocenters. The van der Waals surface area contributed by atoms with E-state index in [0.29, 0.717) is 5.92 Å². The van der Waals surface area contributed by atoms with Crippen LogP contribution in [0.4, 0.5) is 0 Å². The molecule has 0 aliphatic heterocycles. The first-order chi connectivity index (χ1) is 4.59. The van der Waals surface area contributed by atoms with Crippen LogP contribution in [-0.4, -0.2) is 0 Å². The van der Waals surface area contributed by atoms with Gasteiger partial charge >= 0.3 is 0 Å². The molecule has 56 valence electrons. The van der Waals surface area contributed by atoms with Gasteiger partial charge in [-0.2, -0.15) is 0 Å². The second kappa shape index (κ2) is 4.51. The summed E-state index contributed by atoms with van der Waals surface area (Å²) < 4.78 is 0.947. The molecule has 0 unspecified atom stereocenters. The second-order valence-electron chi connectivity index (χ2n) is 2.42. The molecule has 0 saturated heterocycles. The molecule has 0 aliphatic rings. The van der Waals surface area contributed by atoms with Gasteiger partial charge < -0.3 is 0 Å². The first-order valence-electron chi connectivity index (χ1n) is 3.27. The molecule has 0 bridgehead atoms. The molecule has 0 aliphatic carbocycles. The zero-order chi connectivity index (χ0) is 8.15. The van der Waals surface area contributed by atoms with Gasteiger partial charge in [-0.25, -0.2) is 0 Å². The molecule has 0 spiro atoms. The summed E-state index contributed by atoms with van der Waals surface area (Å²) in [6.07, 6.45) is 3.75. The lowest BCUT2D eigenvalue weighted by Gasteiger charge is -2.07. The van der Waals surface area contributed by atoms with E-state index in [1.165, 1.54) is 5.57 Å². The van der Waals surface area contributed by atoms with Crippen molar-refractivity contribution in [1.29, 1.82) is 0 Å². The van der Waals surface area contributed by atoms with Gasteiger partial charge in [0.25, 0.3) is 0 Å². The molecule has 0 aromatic carbocycles. The van der Waals surface area contributed by atoms with Crippen molar-refractivity contribution in [2.45, 2.75) is 13.8 Å². The predicted octanol–water partition coefficient (Wildman–Crippen LogP) is 3.66. The summed E-state index contributed by atoms with van der Waals surface area (Å²) in [5, 5.41) is 0. The molecule has 0 aromatic rings. The van der Waals surface area contributed by atoms with Crippen molar-refractivity contribution in [3.63, 3.8) is 0 Å². The molecular weight excluding hydrogens is 188 g/mol. The van der Waals surface area contributed by atoms with Gasteiger partial charge in [0.15, 0.2) is 0 Å². The number of hydrogen-bond donors (Lipinski definition) is 0. The molecule has 0 saturated carbocycles. The van der Waals surface area contributed by atoms with Crippen LogP contribution in [-0.2, 0) is 0 Å². The van der Waals surface area contributed by atoms with E-state index in [0.717, 1.165) is 4.48 Å². The highest BCUT2D eigenvalue weighted by Gasteiger charge is 2.02. The Morgan fingerprint density at radius 2 is 2.00 bits per heavy atom. The Labute approximate surface area is 71.5 Å². The Bertz CT molecular complexity index is 164. The van der Waals surface area contributed by atoms with Crippen molar-refractivity contribution in [2.75, 3.05) is 0 Å². The quantitative estimate of drug-likeness (QED) is 0.611. The van der Waals surface area contributed by atoms with Gasteiger partial charge in [-0.1, -0.05) is 55.1 Å². The van der Waals surface area contributed by atoms with E-state index >= 15 is 0 Å². The van der Waals surface area contributed by atoms with E-state index in [1.54, 1.807) is 6.08 Å². The van der Waals surface area contributed by atoms with Crippen LogP contribution >= 0.6 is 15.9 Å². The highest BCUT2D eigenvalue weighted by molar-refractivity contribution is 9.11. The number of halogens is 1. The topological polar surface area (TPSA) is 0 Å². The van der Waals surface area contributed by atoms with Crippen LogP contribution in [0, 0.1) is 5.92 Å². The second-order valence-corrected chi connectivity index (χ2v) is 3.37. The summed E-state index contributed by atoms with van der Waals surface area (Å²) in [7, 11) is 0. The van der Waals surface area contributed by atoms with Crippen molar-refractivity contribution in [1.82, 2.24) is 0 Å². The van der Waals surface area contributed by atoms with Gasteiger partial charge in [0.2, 0.25) is 0 Å². The van der Waals surface area contributed by atoms with Crippen LogP contribution in [0.1, 0.15) is 13.8 Å². The van der Waals surface area contributed by atoms with E-state index in [4.69, 9.17) is 0 Å². The lowest BCUT2D eigenvalue weighted by atomic mass is 10.0. The van der Waals surface area contributed by atoms with Crippen molar-refractivity contribution in [2.24, 2.45) is 5.92 Å². The van der Waals surface area contributed by atoms with E-state index in [-0.39, 0.29) is 0 Å². The Morgan fingerprint density at radius 3 is 2.10 bits per heavy atom. The molecule has 0 amide bonds. The van der Waals surface area contributed by atoms with E-state index in [2.05, 4.69) is 42.9 Å². The molecule has 0 rings (SSSR count). The standard InChI is InChI=1S/C9H13Br/c1-5-6-9(7(2)3)8(4)10/h5-7H,1,4H2,2-3H3/b9-6-. The van der Waals surface area contributed by atoms with Crippen LogP contribution in [0.3, 0.4) is 0 Å². The first-order valence-corrected chi connectivity index (χ1v) is 4.06. The van der Waals surface area contributed by atoms with Gasteiger partial charge in [-0.05, 0) is 11.5 Å². The zero-order valence-electron chi connectivity index (χ0n) is 6.52. The van der Waals surface area contributed by atoms with Gasteiger partial charge in [0.05, 0.1) is 0 Å². The van der Waals surface area contributed by atoms with E-state index < -0.39 is 0 Å². The Balaban J connectivity index is 4.41. The minimum atomic E-state index is 0.505. The smallest absolute Gasteiger partial charge is 0.0138 e. The van der Waals surface area contributed by atoms with Gasteiger partial charge in [-0.3, -0.25) is 0 Å². The monoisotopic (exact) mass is 200 g/mol. The highest BCUT2D eigenvalue weighted by Crippen LogP contribution is 2.22. The van der Waals surface area contributed by atoms with Crippen molar-refractivity contribution >= 4 is 15.9 Å². The summed E-state index contributed by atoms with van der Waals surface area (Å²) in [6, 6.07) is 0. The number of hydrogen-bond acceptors (Lipinski definition) is 0. The van der Waals surface area contributed by atoms with Gasteiger partial charge in [0.1, 0.15) is 0 Å². The van der Waals surface area contributed by atoms with Crippen LogP contribution in [0.25, 0.3) is 0 Å². The minimum absolute atomic E-state index is 0.505. The third-order valence-electron chi connectivity index (χ3n) is 1.23. The Kier molecular flexibility index (Phi) is 4.37. The van der Waals surface area contributed by atoms with Crippen LogP contribution in [0.2, 0.25) is 0 Å². The molecule has 0 nitrogen and oxygen atoms in total. The average Bonchev–Trinajstić information content (AvgIpc) is 1.81. The number of allylic oxidation sites excluding steroid dienone is 4. The minimum Gasteiger partial charge on any atom is -0.0991 e. The zero-order valence-corrected chi connectivity index (χ0v) is 8.11. The molecule has 0 fully saturated rings. The summed E-state index contributed by atoms with van der Waals surface area (Å²) in [5.41, 5.74) is 1.20. The normalized spacial score (nSPS) is 11.8. The Hall–Kier alpha value is -0.300. The van der Waals surface area contributed by atoms with Crippen LogP contribution in [0.15, 0.2) is 35.4 Å². The SMILES string of the molecule is C=C/C=C(\C(=C)Br)C(C)C. The van der Waals surface area contributed by atoms with Crippen molar-refractivity contribution in [3.05, 3.63) is 35.4 Å². The molecule has 0 heterocycles. The van der Waals surface area contributed by atoms with Gasteiger partial charge in [0, 0.05) is 4.48 Å². The van der Waals surface area contributed by atoms with E-state index in [1.807, 2.05) is 6.08 Å². The maximum absolute atomic E-state index is 3.80. The maximum Gasteiger partial charge on any atom is 0.0138 e. The van der Waals surface area contributed by atoms with E-state index in [9.17, 15) is 0 Å². The van der Waals surface area contributed by atoms with Crippen molar-refractivity contribution in [3.8, 4) is 0 Å². The summed E-state index contributed by atoms with van der Waals surface area (Å²) in [6.45, 7) is 11.7. The molecule has 0 aromatic heterocycles. The highest BCUT2D eigenvalue weighted by atomic mass is 79.9. The summed E-state index contributed by atoms with van der Waals surface area (Å²) >= 11 is 3.33. The van der Waals surface area contributed by atoms with Crippen LogP contribution < -0.4 is 0 Å².